The summed E-state index contributed by atoms with van der Waals surface area (Å²) < 4.78 is 14.3. The number of aromatic nitrogens is 4. The lowest BCUT2D eigenvalue weighted by molar-refractivity contribution is 0.603. The summed E-state index contributed by atoms with van der Waals surface area (Å²) in [6.45, 7) is 2.59. The average Bonchev–Trinajstić information content (AvgIpc) is 3.41. The number of halogens is 1. The molecule has 0 bridgehead atoms. The molecule has 0 amide bonds. The van der Waals surface area contributed by atoms with E-state index in [2.05, 4.69) is 25.1 Å². The number of pyridine rings is 2. The second kappa shape index (κ2) is 7.25. The maximum atomic E-state index is 14.3. The Hall–Kier alpha value is -3.32. The van der Waals surface area contributed by atoms with Gasteiger partial charge < -0.3 is 10.6 Å². The van der Waals surface area contributed by atoms with Gasteiger partial charge in [0.1, 0.15) is 11.5 Å². The van der Waals surface area contributed by atoms with E-state index in [1.165, 1.54) is 6.07 Å². The van der Waals surface area contributed by atoms with Crippen LogP contribution in [0.5, 0.6) is 0 Å². The van der Waals surface area contributed by atoms with Crippen LogP contribution < -0.4 is 10.6 Å². The van der Waals surface area contributed by atoms with Crippen molar-refractivity contribution in [3.05, 3.63) is 60.8 Å². The van der Waals surface area contributed by atoms with E-state index >= 15 is 0 Å². The van der Waals surface area contributed by atoms with E-state index in [0.717, 1.165) is 47.4 Å². The van der Waals surface area contributed by atoms with Crippen LogP contribution in [-0.2, 0) is 0 Å². The van der Waals surface area contributed by atoms with Gasteiger partial charge in [-0.2, -0.15) is 5.10 Å². The van der Waals surface area contributed by atoms with Gasteiger partial charge in [0, 0.05) is 47.7 Å². The largest absolute Gasteiger partial charge is 0.371 e. The lowest BCUT2D eigenvalue weighted by atomic mass is 10.0. The van der Waals surface area contributed by atoms with Crippen LogP contribution in [0.25, 0.3) is 33.4 Å². The lowest BCUT2D eigenvalue weighted by Crippen LogP contribution is -2.23. The quantitative estimate of drug-likeness (QED) is 0.558. The predicted octanol–water partition coefficient (Wildman–Crippen LogP) is 3.61. The normalized spacial score (nSPS) is 16.6. The molecule has 1 aromatic carbocycles. The van der Waals surface area contributed by atoms with Gasteiger partial charge in [-0.1, -0.05) is 12.1 Å². The van der Waals surface area contributed by atoms with Gasteiger partial charge in [-0.25, -0.2) is 4.39 Å². The van der Waals surface area contributed by atoms with Crippen molar-refractivity contribution in [2.45, 2.75) is 6.42 Å². The summed E-state index contributed by atoms with van der Waals surface area (Å²) in [5, 5.41) is 8.12. The van der Waals surface area contributed by atoms with E-state index in [4.69, 9.17) is 5.73 Å². The van der Waals surface area contributed by atoms with Gasteiger partial charge in [0.05, 0.1) is 17.4 Å². The van der Waals surface area contributed by atoms with Crippen LogP contribution in [0.15, 0.2) is 55.0 Å². The fraction of sp³-hybridized carbons (Fsp3) is 0.227. The number of nitrogens with zero attached hydrogens (tertiary/aromatic N) is 4. The van der Waals surface area contributed by atoms with E-state index in [-0.39, 0.29) is 5.82 Å². The molecule has 1 aliphatic heterocycles. The zero-order valence-corrected chi connectivity index (χ0v) is 15.8. The molecule has 29 heavy (non-hydrogen) atoms. The van der Waals surface area contributed by atoms with Gasteiger partial charge in [-0.3, -0.25) is 15.1 Å². The Labute approximate surface area is 167 Å². The monoisotopic (exact) mass is 388 g/mol. The molecule has 0 unspecified atom stereocenters. The topological polar surface area (TPSA) is 83.7 Å². The van der Waals surface area contributed by atoms with Crippen molar-refractivity contribution < 1.29 is 4.39 Å². The standard InChI is InChI=1S/C22H21FN6/c23-18-4-2-1-3-15(18)22-16-9-19(26-12-20(16)27-28-22)17-11-25-7-5-21(17)29-8-6-14(10-24)13-29/h1-5,7,9,11-12,14H,6,8,10,13,24H2,(H,27,28)/t14-/m0/s1. The van der Waals surface area contributed by atoms with Crippen LogP contribution in [0.4, 0.5) is 10.1 Å². The van der Waals surface area contributed by atoms with E-state index in [0.29, 0.717) is 23.7 Å². The molecule has 0 radical (unpaired) electrons. The minimum Gasteiger partial charge on any atom is -0.371 e. The third-order valence-electron chi connectivity index (χ3n) is 5.61. The van der Waals surface area contributed by atoms with Crippen molar-refractivity contribution in [3.8, 4) is 22.5 Å². The van der Waals surface area contributed by atoms with Crippen molar-refractivity contribution >= 4 is 16.6 Å². The number of hydrogen-bond donors (Lipinski definition) is 2. The fourth-order valence-electron chi connectivity index (χ4n) is 4.03. The summed E-state index contributed by atoms with van der Waals surface area (Å²) >= 11 is 0. The molecular formula is C22H21FN6. The first-order valence-corrected chi connectivity index (χ1v) is 9.73. The Balaban J connectivity index is 1.61. The van der Waals surface area contributed by atoms with Crippen molar-refractivity contribution in [3.63, 3.8) is 0 Å². The Bertz CT molecular complexity index is 1170. The summed E-state index contributed by atoms with van der Waals surface area (Å²) in [5.41, 5.74) is 10.5. The second-order valence-electron chi connectivity index (χ2n) is 7.40. The highest BCUT2D eigenvalue weighted by Crippen LogP contribution is 2.35. The zero-order chi connectivity index (χ0) is 19.8. The van der Waals surface area contributed by atoms with Crippen LogP contribution in [-0.4, -0.2) is 39.8 Å². The molecule has 4 aromatic rings. The summed E-state index contributed by atoms with van der Waals surface area (Å²) in [4.78, 5) is 11.3. The molecule has 3 N–H and O–H groups in total. The first-order valence-electron chi connectivity index (χ1n) is 9.73. The Morgan fingerprint density at radius 2 is 2.07 bits per heavy atom. The molecule has 4 heterocycles. The molecule has 5 rings (SSSR count). The second-order valence-corrected chi connectivity index (χ2v) is 7.40. The van der Waals surface area contributed by atoms with Crippen LogP contribution in [0, 0.1) is 11.7 Å². The van der Waals surface area contributed by atoms with E-state index < -0.39 is 0 Å². The maximum absolute atomic E-state index is 14.3. The van der Waals surface area contributed by atoms with Crippen LogP contribution >= 0.6 is 0 Å². The van der Waals surface area contributed by atoms with Crippen molar-refractivity contribution in [2.75, 3.05) is 24.5 Å². The average molecular weight is 388 g/mol. The molecule has 6 nitrogen and oxygen atoms in total. The Kier molecular flexibility index (Phi) is 4.44. The van der Waals surface area contributed by atoms with Gasteiger partial charge in [0.25, 0.3) is 0 Å². The molecule has 1 aliphatic rings. The number of H-pyrrole nitrogens is 1. The van der Waals surface area contributed by atoms with Gasteiger partial charge in [-0.15, -0.1) is 0 Å². The molecule has 3 aromatic heterocycles. The molecular weight excluding hydrogens is 367 g/mol. The van der Waals surface area contributed by atoms with E-state index in [1.807, 2.05) is 24.4 Å². The lowest BCUT2D eigenvalue weighted by Gasteiger charge is -2.21. The SMILES string of the molecule is NC[C@@H]1CCN(c2ccncc2-c2cc3c(-c4ccccc4F)n[nH]c3cn2)C1. The summed E-state index contributed by atoms with van der Waals surface area (Å²) in [6.07, 6.45) is 6.47. The first-order chi connectivity index (χ1) is 14.2. The van der Waals surface area contributed by atoms with Crippen LogP contribution in [0.3, 0.4) is 0 Å². The third kappa shape index (κ3) is 3.13. The highest BCUT2D eigenvalue weighted by molar-refractivity contribution is 5.95. The van der Waals surface area contributed by atoms with Crippen LogP contribution in [0.2, 0.25) is 0 Å². The molecule has 7 heteroatoms. The predicted molar refractivity (Wildman–Crippen MR) is 112 cm³/mol. The zero-order valence-electron chi connectivity index (χ0n) is 15.8. The van der Waals surface area contributed by atoms with E-state index in [1.54, 1.807) is 24.5 Å². The Morgan fingerprint density at radius 1 is 1.17 bits per heavy atom. The third-order valence-corrected chi connectivity index (χ3v) is 5.61. The number of aromatic amines is 1. The van der Waals surface area contributed by atoms with Gasteiger partial charge >= 0.3 is 0 Å². The van der Waals surface area contributed by atoms with Crippen molar-refractivity contribution in [2.24, 2.45) is 11.7 Å². The minimum absolute atomic E-state index is 0.300. The molecule has 0 aliphatic carbocycles. The molecule has 1 fully saturated rings. The van der Waals surface area contributed by atoms with E-state index in [9.17, 15) is 4.39 Å². The molecule has 0 spiro atoms. The van der Waals surface area contributed by atoms with Gasteiger partial charge in [0.15, 0.2) is 0 Å². The van der Waals surface area contributed by atoms with Crippen molar-refractivity contribution in [1.82, 2.24) is 20.2 Å². The number of nitrogens with two attached hydrogens (primary N) is 1. The highest BCUT2D eigenvalue weighted by atomic mass is 19.1. The number of benzene rings is 1. The molecule has 1 atom stereocenters. The smallest absolute Gasteiger partial charge is 0.132 e. The fourth-order valence-corrected chi connectivity index (χ4v) is 4.03. The molecule has 0 saturated carbocycles. The first kappa shape index (κ1) is 17.8. The minimum atomic E-state index is -0.300. The highest BCUT2D eigenvalue weighted by Gasteiger charge is 2.24. The van der Waals surface area contributed by atoms with Gasteiger partial charge in [0.2, 0.25) is 0 Å². The van der Waals surface area contributed by atoms with Gasteiger partial charge in [-0.05, 0) is 43.1 Å². The number of anilines is 1. The number of nitrogens with one attached hydrogen (secondary N) is 1. The summed E-state index contributed by atoms with van der Waals surface area (Å²) in [7, 11) is 0. The summed E-state index contributed by atoms with van der Waals surface area (Å²) in [6, 6.07) is 10.6. The van der Waals surface area contributed by atoms with Crippen LogP contribution in [0.1, 0.15) is 6.42 Å². The summed E-state index contributed by atoms with van der Waals surface area (Å²) in [5.74, 6) is 0.208. The molecule has 146 valence electrons. The molecule has 1 saturated heterocycles. The Morgan fingerprint density at radius 3 is 2.90 bits per heavy atom. The number of hydrogen-bond acceptors (Lipinski definition) is 5. The maximum Gasteiger partial charge on any atom is 0.132 e. The number of rotatable bonds is 4. The van der Waals surface area contributed by atoms with Crippen molar-refractivity contribution in [1.29, 1.82) is 0 Å². The number of fused-ring (bicyclic) bond motifs is 1.